The van der Waals surface area contributed by atoms with Crippen LogP contribution in [0.2, 0.25) is 10.0 Å². The number of imidazole rings is 1. The Balaban J connectivity index is 2.18. The zero-order valence-corrected chi connectivity index (χ0v) is 15.6. The van der Waals surface area contributed by atoms with E-state index in [0.29, 0.717) is 11.1 Å². The molecule has 0 fully saturated rings. The van der Waals surface area contributed by atoms with Gasteiger partial charge in [0, 0.05) is 11.1 Å². The molecule has 1 aromatic heterocycles. The molecule has 3 rings (SSSR count). The van der Waals surface area contributed by atoms with E-state index in [2.05, 4.69) is 9.97 Å². The molecule has 10 heteroatoms. The quantitative estimate of drug-likeness (QED) is 0.497. The first kappa shape index (κ1) is 19.9. The minimum absolute atomic E-state index is 0.133. The average Bonchev–Trinajstić information content (AvgIpc) is 3.09. The Hall–Kier alpha value is -1.90. The van der Waals surface area contributed by atoms with E-state index in [1.807, 2.05) is 0 Å². The summed E-state index contributed by atoms with van der Waals surface area (Å²) in [6.07, 6.45) is -4.10. The molecular formula is C17H10Cl2F4N2OS. The molecular weight excluding hydrogens is 427 g/mol. The molecule has 3 aromatic rings. The van der Waals surface area contributed by atoms with E-state index in [9.17, 15) is 21.8 Å². The number of halogens is 6. The summed E-state index contributed by atoms with van der Waals surface area (Å²) in [5, 5.41) is -5.05. The fraction of sp³-hybridized carbons (Fsp3) is 0.118. The van der Waals surface area contributed by atoms with E-state index < -0.39 is 27.6 Å². The molecule has 0 amide bonds. The van der Waals surface area contributed by atoms with Gasteiger partial charge in [0.05, 0.1) is 21.4 Å². The van der Waals surface area contributed by atoms with Crippen LogP contribution in [0.5, 0.6) is 0 Å². The molecule has 142 valence electrons. The maximum absolute atomic E-state index is 13.5. The zero-order chi connectivity index (χ0) is 19.8. The molecule has 0 radical (unpaired) electrons. The zero-order valence-electron chi connectivity index (χ0n) is 13.2. The van der Waals surface area contributed by atoms with E-state index >= 15 is 0 Å². The van der Waals surface area contributed by atoms with Crippen molar-refractivity contribution < 1.29 is 21.8 Å². The van der Waals surface area contributed by atoms with Gasteiger partial charge in [0.2, 0.25) is 5.16 Å². The van der Waals surface area contributed by atoms with Crippen molar-refractivity contribution in [2.24, 2.45) is 0 Å². The van der Waals surface area contributed by atoms with Gasteiger partial charge in [-0.25, -0.2) is 18.0 Å². The summed E-state index contributed by atoms with van der Waals surface area (Å²) in [6.45, 7) is 0. The number of hydrogen-bond acceptors (Lipinski definition) is 2. The van der Waals surface area contributed by atoms with Crippen LogP contribution in [0.15, 0.2) is 53.7 Å². The number of aromatic amines is 1. The van der Waals surface area contributed by atoms with Crippen LogP contribution in [0.25, 0.3) is 22.5 Å². The Kier molecular flexibility index (Phi) is 5.60. The smallest absolute Gasteiger partial charge is 0.330 e. The molecule has 0 spiro atoms. The van der Waals surface area contributed by atoms with Crippen LogP contribution in [0.1, 0.15) is 0 Å². The van der Waals surface area contributed by atoms with Gasteiger partial charge in [-0.3, -0.25) is 0 Å². The van der Waals surface area contributed by atoms with Crippen molar-refractivity contribution in [3.63, 3.8) is 0 Å². The minimum Gasteiger partial charge on any atom is -0.330 e. The van der Waals surface area contributed by atoms with Gasteiger partial charge in [-0.05, 0) is 12.1 Å². The number of alkyl halides is 4. The van der Waals surface area contributed by atoms with Crippen LogP contribution < -0.4 is 0 Å². The lowest BCUT2D eigenvalue weighted by atomic mass is 10.1. The van der Waals surface area contributed by atoms with Gasteiger partial charge >= 0.3 is 11.7 Å². The molecule has 0 saturated carbocycles. The second-order valence-electron chi connectivity index (χ2n) is 5.39. The lowest BCUT2D eigenvalue weighted by Gasteiger charge is -2.12. The van der Waals surface area contributed by atoms with E-state index in [4.69, 9.17) is 23.2 Å². The standard InChI is InChI=1S/C17H10Cl2F4N2OS/c18-11-7-6-10(8-12(11)19)14-13(9-4-2-1-3-5-9)24-16(25-14)27(26)17(22,23)15(20)21/h1-8,15H,(H,24,25). The Morgan fingerprint density at radius 2 is 1.67 bits per heavy atom. The minimum atomic E-state index is -4.75. The average molecular weight is 437 g/mol. The molecule has 2 aromatic carbocycles. The number of aromatic nitrogens is 2. The first-order chi connectivity index (χ1) is 12.7. The molecule has 1 heterocycles. The second kappa shape index (κ2) is 7.61. The third-order valence-corrected chi connectivity index (χ3v) is 5.57. The Morgan fingerprint density at radius 3 is 2.26 bits per heavy atom. The van der Waals surface area contributed by atoms with E-state index in [1.54, 1.807) is 30.3 Å². The molecule has 0 aliphatic heterocycles. The highest BCUT2D eigenvalue weighted by molar-refractivity contribution is 7.86. The fourth-order valence-corrected chi connectivity index (χ4v) is 3.40. The summed E-state index contributed by atoms with van der Waals surface area (Å²) in [5.74, 6) is 0. The molecule has 0 saturated heterocycles. The van der Waals surface area contributed by atoms with Crippen molar-refractivity contribution in [1.82, 2.24) is 9.97 Å². The van der Waals surface area contributed by atoms with Gasteiger partial charge in [-0.1, -0.05) is 59.6 Å². The van der Waals surface area contributed by atoms with Crippen molar-refractivity contribution in [3.05, 3.63) is 58.6 Å². The summed E-state index contributed by atoms with van der Waals surface area (Å²) in [7, 11) is -3.38. The summed E-state index contributed by atoms with van der Waals surface area (Å²) >= 11 is 11.9. The first-order valence-corrected chi connectivity index (χ1v) is 9.31. The molecule has 27 heavy (non-hydrogen) atoms. The largest absolute Gasteiger partial charge is 0.387 e. The number of nitrogens with one attached hydrogen (secondary N) is 1. The normalized spacial score (nSPS) is 13.1. The van der Waals surface area contributed by atoms with Crippen molar-refractivity contribution in [1.29, 1.82) is 0 Å². The van der Waals surface area contributed by atoms with Crippen molar-refractivity contribution in [3.8, 4) is 22.5 Å². The molecule has 1 unspecified atom stereocenters. The van der Waals surface area contributed by atoms with Crippen LogP contribution in [0, 0.1) is 0 Å². The summed E-state index contributed by atoms with van der Waals surface area (Å²) < 4.78 is 64.2. The lowest BCUT2D eigenvalue weighted by Crippen LogP contribution is -2.32. The van der Waals surface area contributed by atoms with Crippen molar-refractivity contribution in [2.45, 2.75) is 16.8 Å². The predicted octanol–water partition coefficient (Wildman–Crippen LogP) is 6.02. The summed E-state index contributed by atoms with van der Waals surface area (Å²) in [6, 6.07) is 12.9. The highest BCUT2D eigenvalue weighted by Crippen LogP contribution is 2.37. The highest BCUT2D eigenvalue weighted by atomic mass is 35.5. The van der Waals surface area contributed by atoms with Gasteiger partial charge in [-0.15, -0.1) is 0 Å². The van der Waals surface area contributed by atoms with Crippen molar-refractivity contribution in [2.75, 3.05) is 0 Å². The Labute approximate surface area is 163 Å². The van der Waals surface area contributed by atoms with E-state index in [1.165, 1.54) is 18.2 Å². The SMILES string of the molecule is O=S(c1nc(-c2ccc(Cl)c(Cl)c2)c(-c2ccccc2)[nH]1)C(F)(F)C(F)F. The van der Waals surface area contributed by atoms with Gasteiger partial charge in [-0.2, -0.15) is 8.78 Å². The molecule has 1 N–H and O–H groups in total. The summed E-state index contributed by atoms with van der Waals surface area (Å²) in [5.41, 5.74) is 1.30. The van der Waals surface area contributed by atoms with Gasteiger partial charge < -0.3 is 4.98 Å². The number of H-pyrrole nitrogens is 1. The van der Waals surface area contributed by atoms with Crippen LogP contribution in [0.4, 0.5) is 17.6 Å². The topological polar surface area (TPSA) is 45.8 Å². The third kappa shape index (κ3) is 3.88. The maximum atomic E-state index is 13.5. The number of nitrogens with zero attached hydrogens (tertiary/aromatic N) is 1. The monoisotopic (exact) mass is 436 g/mol. The van der Waals surface area contributed by atoms with E-state index in [-0.39, 0.29) is 21.4 Å². The first-order valence-electron chi connectivity index (χ1n) is 7.40. The summed E-state index contributed by atoms with van der Waals surface area (Å²) in [4.78, 5) is 6.40. The van der Waals surface area contributed by atoms with Gasteiger partial charge in [0.25, 0.3) is 0 Å². The lowest BCUT2D eigenvalue weighted by molar-refractivity contribution is -0.0604. The molecule has 0 aliphatic rings. The highest BCUT2D eigenvalue weighted by Gasteiger charge is 2.49. The van der Waals surface area contributed by atoms with Crippen LogP contribution in [0.3, 0.4) is 0 Å². The maximum Gasteiger partial charge on any atom is 0.387 e. The third-order valence-electron chi connectivity index (χ3n) is 3.61. The molecule has 1 atom stereocenters. The number of rotatable bonds is 5. The second-order valence-corrected chi connectivity index (χ2v) is 7.67. The van der Waals surface area contributed by atoms with E-state index in [0.717, 1.165) is 0 Å². The van der Waals surface area contributed by atoms with Crippen LogP contribution >= 0.6 is 23.2 Å². The molecule has 3 nitrogen and oxygen atoms in total. The number of hydrogen-bond donors (Lipinski definition) is 1. The molecule has 0 bridgehead atoms. The van der Waals surface area contributed by atoms with Gasteiger partial charge in [0.15, 0.2) is 10.8 Å². The Morgan fingerprint density at radius 1 is 1.00 bits per heavy atom. The number of benzene rings is 2. The predicted molar refractivity (Wildman–Crippen MR) is 96.8 cm³/mol. The van der Waals surface area contributed by atoms with Crippen molar-refractivity contribution >= 4 is 34.0 Å². The Bertz CT molecular complexity index is 996. The fourth-order valence-electron chi connectivity index (χ4n) is 2.32. The van der Waals surface area contributed by atoms with Crippen LogP contribution in [-0.2, 0) is 10.8 Å². The molecule has 0 aliphatic carbocycles. The van der Waals surface area contributed by atoms with Gasteiger partial charge in [0.1, 0.15) is 0 Å². The van der Waals surface area contributed by atoms with Crippen LogP contribution in [-0.4, -0.2) is 25.9 Å².